The van der Waals surface area contributed by atoms with Crippen LogP contribution in [-0.2, 0) is 10.0 Å². The number of sulfonamides is 1. The quantitative estimate of drug-likeness (QED) is 0.694. The molecule has 0 aliphatic carbocycles. The zero-order valence-corrected chi connectivity index (χ0v) is 11.7. The van der Waals surface area contributed by atoms with Gasteiger partial charge in [0.15, 0.2) is 0 Å². The van der Waals surface area contributed by atoms with Gasteiger partial charge in [0.05, 0.1) is 15.5 Å². The summed E-state index contributed by atoms with van der Waals surface area (Å²) in [5.41, 5.74) is 0.0218. The number of nitro groups is 1. The summed E-state index contributed by atoms with van der Waals surface area (Å²) in [4.78, 5) is 9.91. The summed E-state index contributed by atoms with van der Waals surface area (Å²) >= 11 is 0. The standard InChI is InChI=1S/C13H11FN2O4S/c1-9-7-12(5-6-13(9)14)21(19,20)15-10-3-2-4-11(8-10)16(17)18/h2-8,15H,1H3. The van der Waals surface area contributed by atoms with Crippen molar-refractivity contribution < 1.29 is 17.7 Å². The van der Waals surface area contributed by atoms with Crippen molar-refractivity contribution in [1.82, 2.24) is 0 Å². The first-order chi connectivity index (χ1) is 9.79. The third-order valence-corrected chi connectivity index (χ3v) is 4.13. The number of halogens is 1. The molecule has 0 fully saturated rings. The van der Waals surface area contributed by atoms with E-state index in [1.54, 1.807) is 0 Å². The van der Waals surface area contributed by atoms with Crippen LogP contribution >= 0.6 is 0 Å². The van der Waals surface area contributed by atoms with E-state index in [2.05, 4.69) is 4.72 Å². The molecule has 8 heteroatoms. The third-order valence-electron chi connectivity index (χ3n) is 2.75. The van der Waals surface area contributed by atoms with Gasteiger partial charge in [-0.15, -0.1) is 0 Å². The number of non-ortho nitro benzene ring substituents is 1. The lowest BCUT2D eigenvalue weighted by atomic mass is 10.2. The molecule has 0 bridgehead atoms. The first-order valence-electron chi connectivity index (χ1n) is 5.83. The number of anilines is 1. The molecule has 0 heterocycles. The van der Waals surface area contributed by atoms with Crippen molar-refractivity contribution in [1.29, 1.82) is 0 Å². The molecule has 6 nitrogen and oxygen atoms in total. The second-order valence-electron chi connectivity index (χ2n) is 4.32. The Bertz CT molecular complexity index is 806. The minimum Gasteiger partial charge on any atom is -0.279 e. The van der Waals surface area contributed by atoms with Crippen molar-refractivity contribution in [2.45, 2.75) is 11.8 Å². The Kier molecular flexibility index (Phi) is 3.90. The van der Waals surface area contributed by atoms with Crippen LogP contribution in [0.5, 0.6) is 0 Å². The van der Waals surface area contributed by atoms with Crippen LogP contribution in [0.1, 0.15) is 5.56 Å². The van der Waals surface area contributed by atoms with Crippen LogP contribution in [-0.4, -0.2) is 13.3 Å². The van der Waals surface area contributed by atoms with E-state index in [4.69, 9.17) is 0 Å². The van der Waals surface area contributed by atoms with E-state index in [0.717, 1.165) is 18.2 Å². The van der Waals surface area contributed by atoms with Gasteiger partial charge in [0.2, 0.25) is 0 Å². The SMILES string of the molecule is Cc1cc(S(=O)(=O)Nc2cccc([N+](=O)[O-])c2)ccc1F. The average Bonchev–Trinajstić information content (AvgIpc) is 2.41. The third kappa shape index (κ3) is 3.34. The highest BCUT2D eigenvalue weighted by Gasteiger charge is 2.16. The van der Waals surface area contributed by atoms with Gasteiger partial charge in [0.1, 0.15) is 5.82 Å². The molecule has 110 valence electrons. The maximum atomic E-state index is 13.2. The van der Waals surface area contributed by atoms with Crippen molar-refractivity contribution in [2.75, 3.05) is 4.72 Å². The van der Waals surface area contributed by atoms with E-state index in [0.29, 0.717) is 0 Å². The summed E-state index contributed by atoms with van der Waals surface area (Å²) in [6.07, 6.45) is 0. The van der Waals surface area contributed by atoms with E-state index in [1.165, 1.54) is 31.2 Å². The maximum Gasteiger partial charge on any atom is 0.271 e. The summed E-state index contributed by atoms with van der Waals surface area (Å²) in [6, 6.07) is 8.48. The Morgan fingerprint density at radius 3 is 2.52 bits per heavy atom. The molecule has 2 aromatic carbocycles. The topological polar surface area (TPSA) is 89.3 Å². The number of nitrogens with one attached hydrogen (secondary N) is 1. The van der Waals surface area contributed by atoms with E-state index in [-0.39, 0.29) is 21.8 Å². The number of rotatable bonds is 4. The summed E-state index contributed by atoms with van der Waals surface area (Å²) in [7, 11) is -3.93. The number of hydrogen-bond donors (Lipinski definition) is 1. The van der Waals surface area contributed by atoms with Gasteiger partial charge in [-0.1, -0.05) is 6.07 Å². The van der Waals surface area contributed by atoms with Crippen LogP contribution in [0, 0.1) is 22.9 Å². The molecule has 0 atom stereocenters. The highest BCUT2D eigenvalue weighted by molar-refractivity contribution is 7.92. The largest absolute Gasteiger partial charge is 0.279 e. The lowest BCUT2D eigenvalue weighted by Crippen LogP contribution is -2.13. The zero-order valence-electron chi connectivity index (χ0n) is 10.9. The number of nitrogens with zero attached hydrogens (tertiary/aromatic N) is 1. The van der Waals surface area contributed by atoms with Crippen molar-refractivity contribution >= 4 is 21.4 Å². The molecule has 2 rings (SSSR count). The van der Waals surface area contributed by atoms with Gasteiger partial charge in [0.25, 0.3) is 15.7 Å². The minimum atomic E-state index is -3.93. The average molecular weight is 310 g/mol. The molecule has 0 radical (unpaired) electrons. The molecule has 2 aromatic rings. The van der Waals surface area contributed by atoms with Crippen LogP contribution < -0.4 is 4.72 Å². The van der Waals surface area contributed by atoms with Crippen LogP contribution in [0.25, 0.3) is 0 Å². The summed E-state index contributed by atoms with van der Waals surface area (Å²) in [5, 5.41) is 10.7. The van der Waals surface area contributed by atoms with Gasteiger partial charge < -0.3 is 0 Å². The highest BCUT2D eigenvalue weighted by atomic mass is 32.2. The summed E-state index contributed by atoms with van der Waals surface area (Å²) in [6.45, 7) is 1.45. The molecule has 0 aliphatic rings. The number of aryl methyl sites for hydroxylation is 1. The fourth-order valence-electron chi connectivity index (χ4n) is 1.68. The van der Waals surface area contributed by atoms with Gasteiger partial charge in [0, 0.05) is 12.1 Å². The Balaban J connectivity index is 2.35. The Morgan fingerprint density at radius 1 is 1.19 bits per heavy atom. The van der Waals surface area contributed by atoms with Crippen LogP contribution in [0.3, 0.4) is 0 Å². The molecule has 0 aromatic heterocycles. The summed E-state index contributed by atoms with van der Waals surface area (Å²) in [5.74, 6) is -0.510. The van der Waals surface area contributed by atoms with Gasteiger partial charge in [-0.05, 0) is 36.8 Å². The fraction of sp³-hybridized carbons (Fsp3) is 0.0769. The summed E-state index contributed by atoms with van der Waals surface area (Å²) < 4.78 is 39.7. The Morgan fingerprint density at radius 2 is 1.90 bits per heavy atom. The molecule has 0 aliphatic heterocycles. The highest BCUT2D eigenvalue weighted by Crippen LogP contribution is 2.21. The van der Waals surface area contributed by atoms with Crippen molar-refractivity contribution in [3.05, 3.63) is 64.0 Å². The van der Waals surface area contributed by atoms with Crippen LogP contribution in [0.15, 0.2) is 47.4 Å². The molecule has 0 spiro atoms. The lowest BCUT2D eigenvalue weighted by Gasteiger charge is -2.08. The second kappa shape index (κ2) is 5.49. The normalized spacial score (nSPS) is 11.1. The van der Waals surface area contributed by atoms with Gasteiger partial charge >= 0.3 is 0 Å². The maximum absolute atomic E-state index is 13.2. The first kappa shape index (κ1) is 14.9. The smallest absolute Gasteiger partial charge is 0.271 e. The molecule has 1 N–H and O–H groups in total. The Labute approximate surface area is 120 Å². The van der Waals surface area contributed by atoms with Gasteiger partial charge in [-0.2, -0.15) is 0 Å². The Hall–Kier alpha value is -2.48. The predicted molar refractivity (Wildman–Crippen MR) is 75.0 cm³/mol. The molecule has 21 heavy (non-hydrogen) atoms. The molecule has 0 saturated heterocycles. The monoisotopic (exact) mass is 310 g/mol. The van der Waals surface area contributed by atoms with Gasteiger partial charge in [-0.3, -0.25) is 14.8 Å². The lowest BCUT2D eigenvalue weighted by molar-refractivity contribution is -0.384. The van der Waals surface area contributed by atoms with Crippen molar-refractivity contribution in [2.24, 2.45) is 0 Å². The number of hydrogen-bond acceptors (Lipinski definition) is 4. The van der Waals surface area contributed by atoms with E-state index in [1.807, 2.05) is 0 Å². The zero-order chi connectivity index (χ0) is 15.6. The minimum absolute atomic E-state index is 0.0613. The van der Waals surface area contributed by atoms with Gasteiger partial charge in [-0.25, -0.2) is 12.8 Å². The molecule has 0 amide bonds. The van der Waals surface area contributed by atoms with E-state index < -0.39 is 20.8 Å². The number of nitro benzene ring substituents is 1. The molecular weight excluding hydrogens is 299 g/mol. The van der Waals surface area contributed by atoms with E-state index in [9.17, 15) is 22.9 Å². The fourth-order valence-corrected chi connectivity index (χ4v) is 2.82. The van der Waals surface area contributed by atoms with E-state index >= 15 is 0 Å². The van der Waals surface area contributed by atoms with Crippen LogP contribution in [0.4, 0.5) is 15.8 Å². The second-order valence-corrected chi connectivity index (χ2v) is 6.01. The van der Waals surface area contributed by atoms with Crippen LogP contribution in [0.2, 0.25) is 0 Å². The number of benzene rings is 2. The van der Waals surface area contributed by atoms with Crippen molar-refractivity contribution in [3.8, 4) is 0 Å². The predicted octanol–water partition coefficient (Wildman–Crippen LogP) is 2.84. The molecule has 0 unspecified atom stereocenters. The first-order valence-corrected chi connectivity index (χ1v) is 7.31. The van der Waals surface area contributed by atoms with Crippen molar-refractivity contribution in [3.63, 3.8) is 0 Å². The molecular formula is C13H11FN2O4S. The molecule has 0 saturated carbocycles.